The number of hydrogen-bond acceptors (Lipinski definition) is 3. The van der Waals surface area contributed by atoms with Gasteiger partial charge in [0.2, 0.25) is 0 Å². The summed E-state index contributed by atoms with van der Waals surface area (Å²) in [6.45, 7) is 7.80. The Labute approximate surface area is 121 Å². The average Bonchev–Trinajstić information content (AvgIpc) is 2.67. The molecule has 1 heterocycles. The molecule has 1 aliphatic heterocycles. The Balaban J connectivity index is 1.81. The normalized spacial score (nSPS) is 19.8. The van der Waals surface area contributed by atoms with E-state index in [0.717, 1.165) is 57.7 Å². The molecule has 1 atom stereocenters. The molecule has 1 aromatic carbocycles. The molecular weight excluding hydrogens is 255 g/mol. The molecule has 0 aromatic heterocycles. The molecule has 0 amide bonds. The van der Waals surface area contributed by atoms with Crippen molar-refractivity contribution in [3.8, 4) is 0 Å². The van der Waals surface area contributed by atoms with Crippen LogP contribution in [0.3, 0.4) is 0 Å². The standard InChI is InChI=1S/C16H25FN2O/c1-2-16(20)13-19-9-3-8-18(10-11-19)12-14-4-6-15(17)7-5-14/h4-7,16,20H,2-3,8-13H2,1H3. The SMILES string of the molecule is CCC(O)CN1CCCN(Cc2ccc(F)cc2)CC1. The smallest absolute Gasteiger partial charge is 0.123 e. The second-order valence-corrected chi connectivity index (χ2v) is 5.62. The van der Waals surface area contributed by atoms with Crippen molar-refractivity contribution in [1.29, 1.82) is 0 Å². The largest absolute Gasteiger partial charge is 0.392 e. The number of nitrogens with zero attached hydrogens (tertiary/aromatic N) is 2. The van der Waals surface area contributed by atoms with Crippen LogP contribution >= 0.6 is 0 Å². The van der Waals surface area contributed by atoms with Crippen LogP contribution in [0.2, 0.25) is 0 Å². The number of aliphatic hydroxyl groups excluding tert-OH is 1. The molecule has 1 saturated heterocycles. The third-order valence-electron chi connectivity index (χ3n) is 3.94. The Morgan fingerprint density at radius 1 is 1.10 bits per heavy atom. The van der Waals surface area contributed by atoms with Gasteiger partial charge in [0.05, 0.1) is 6.10 Å². The van der Waals surface area contributed by atoms with E-state index in [9.17, 15) is 9.50 Å². The lowest BCUT2D eigenvalue weighted by atomic mass is 10.2. The summed E-state index contributed by atoms with van der Waals surface area (Å²) in [5.74, 6) is -0.177. The van der Waals surface area contributed by atoms with Crippen molar-refractivity contribution in [3.63, 3.8) is 0 Å². The summed E-state index contributed by atoms with van der Waals surface area (Å²) in [6.07, 6.45) is 1.73. The van der Waals surface area contributed by atoms with Gasteiger partial charge in [-0.15, -0.1) is 0 Å². The van der Waals surface area contributed by atoms with Crippen LogP contribution in [-0.2, 0) is 6.54 Å². The van der Waals surface area contributed by atoms with Gasteiger partial charge in [-0.05, 0) is 43.6 Å². The highest BCUT2D eigenvalue weighted by Crippen LogP contribution is 2.10. The molecule has 0 saturated carbocycles. The molecule has 1 unspecified atom stereocenters. The molecule has 2 rings (SSSR count). The minimum absolute atomic E-state index is 0.177. The summed E-state index contributed by atoms with van der Waals surface area (Å²) in [5, 5.41) is 9.74. The lowest BCUT2D eigenvalue weighted by molar-refractivity contribution is 0.111. The van der Waals surface area contributed by atoms with Gasteiger partial charge in [-0.2, -0.15) is 0 Å². The van der Waals surface area contributed by atoms with Crippen LogP contribution in [0.1, 0.15) is 25.3 Å². The second-order valence-electron chi connectivity index (χ2n) is 5.62. The highest BCUT2D eigenvalue weighted by molar-refractivity contribution is 5.15. The number of halogens is 1. The third kappa shape index (κ3) is 4.85. The maximum absolute atomic E-state index is 12.9. The summed E-state index contributed by atoms with van der Waals surface area (Å²) in [4.78, 5) is 4.75. The third-order valence-corrected chi connectivity index (χ3v) is 3.94. The first kappa shape index (κ1) is 15.4. The Kier molecular flexibility index (Phi) is 5.95. The highest BCUT2D eigenvalue weighted by Gasteiger charge is 2.16. The minimum atomic E-state index is -0.210. The van der Waals surface area contributed by atoms with Crippen LogP contribution in [0.25, 0.3) is 0 Å². The molecule has 112 valence electrons. The fraction of sp³-hybridized carbons (Fsp3) is 0.625. The van der Waals surface area contributed by atoms with E-state index in [2.05, 4.69) is 9.80 Å². The maximum atomic E-state index is 12.9. The topological polar surface area (TPSA) is 26.7 Å². The first-order valence-corrected chi connectivity index (χ1v) is 7.54. The van der Waals surface area contributed by atoms with E-state index in [1.54, 1.807) is 0 Å². The van der Waals surface area contributed by atoms with Crippen molar-refractivity contribution in [1.82, 2.24) is 9.80 Å². The van der Waals surface area contributed by atoms with Gasteiger partial charge >= 0.3 is 0 Å². The lowest BCUT2D eigenvalue weighted by Gasteiger charge is -2.23. The maximum Gasteiger partial charge on any atom is 0.123 e. The van der Waals surface area contributed by atoms with Gasteiger partial charge in [0.1, 0.15) is 5.82 Å². The van der Waals surface area contributed by atoms with Gasteiger partial charge in [-0.25, -0.2) is 4.39 Å². The van der Waals surface area contributed by atoms with E-state index < -0.39 is 0 Å². The first-order valence-electron chi connectivity index (χ1n) is 7.54. The van der Waals surface area contributed by atoms with Crippen LogP contribution in [0, 0.1) is 5.82 Å². The quantitative estimate of drug-likeness (QED) is 0.895. The zero-order valence-corrected chi connectivity index (χ0v) is 12.3. The monoisotopic (exact) mass is 280 g/mol. The fourth-order valence-corrected chi connectivity index (χ4v) is 2.64. The van der Waals surface area contributed by atoms with Crippen molar-refractivity contribution >= 4 is 0 Å². The molecule has 1 fully saturated rings. The number of benzene rings is 1. The van der Waals surface area contributed by atoms with Crippen molar-refractivity contribution in [2.75, 3.05) is 32.7 Å². The number of β-amino-alcohol motifs (C(OH)–C–C–N with tert-alkyl or cyclic N) is 1. The van der Waals surface area contributed by atoms with E-state index in [1.807, 2.05) is 19.1 Å². The summed E-state index contributed by atoms with van der Waals surface area (Å²) in [5.41, 5.74) is 1.16. The predicted octanol–water partition coefficient (Wildman–Crippen LogP) is 2.10. The molecule has 0 bridgehead atoms. The van der Waals surface area contributed by atoms with E-state index in [4.69, 9.17) is 0 Å². The second kappa shape index (κ2) is 7.72. The summed E-state index contributed by atoms with van der Waals surface area (Å²) < 4.78 is 12.9. The molecule has 1 aliphatic rings. The van der Waals surface area contributed by atoms with Gasteiger partial charge in [0.15, 0.2) is 0 Å². The number of rotatable bonds is 5. The summed E-state index contributed by atoms with van der Waals surface area (Å²) in [7, 11) is 0. The van der Waals surface area contributed by atoms with Gasteiger partial charge < -0.3 is 5.11 Å². The molecule has 1 N–H and O–H groups in total. The van der Waals surface area contributed by atoms with Crippen LogP contribution in [-0.4, -0.2) is 53.7 Å². The van der Waals surface area contributed by atoms with Crippen LogP contribution in [0.4, 0.5) is 4.39 Å². The Bertz CT molecular complexity index is 396. The Morgan fingerprint density at radius 3 is 2.45 bits per heavy atom. The Hall–Kier alpha value is -0.970. The molecule has 0 aliphatic carbocycles. The predicted molar refractivity (Wildman–Crippen MR) is 79.0 cm³/mol. The zero-order chi connectivity index (χ0) is 14.4. The molecule has 1 aromatic rings. The zero-order valence-electron chi connectivity index (χ0n) is 12.3. The molecular formula is C16H25FN2O. The molecule has 0 spiro atoms. The Morgan fingerprint density at radius 2 is 1.75 bits per heavy atom. The number of hydrogen-bond donors (Lipinski definition) is 1. The van der Waals surface area contributed by atoms with Crippen LogP contribution < -0.4 is 0 Å². The van der Waals surface area contributed by atoms with Gasteiger partial charge in [-0.1, -0.05) is 19.1 Å². The van der Waals surface area contributed by atoms with E-state index in [-0.39, 0.29) is 11.9 Å². The van der Waals surface area contributed by atoms with Crippen molar-refractivity contribution in [3.05, 3.63) is 35.6 Å². The van der Waals surface area contributed by atoms with Crippen LogP contribution in [0.15, 0.2) is 24.3 Å². The minimum Gasteiger partial charge on any atom is -0.392 e. The summed E-state index contributed by atoms with van der Waals surface area (Å²) in [6, 6.07) is 6.77. The van der Waals surface area contributed by atoms with Crippen molar-refractivity contribution in [2.45, 2.75) is 32.4 Å². The van der Waals surface area contributed by atoms with E-state index >= 15 is 0 Å². The number of aliphatic hydroxyl groups is 1. The molecule has 3 nitrogen and oxygen atoms in total. The van der Waals surface area contributed by atoms with Gasteiger partial charge in [-0.3, -0.25) is 9.80 Å². The molecule has 0 radical (unpaired) electrons. The molecule has 4 heteroatoms. The highest BCUT2D eigenvalue weighted by atomic mass is 19.1. The average molecular weight is 280 g/mol. The van der Waals surface area contributed by atoms with E-state index in [0.29, 0.717) is 0 Å². The fourth-order valence-electron chi connectivity index (χ4n) is 2.64. The van der Waals surface area contributed by atoms with Crippen molar-refractivity contribution in [2.24, 2.45) is 0 Å². The van der Waals surface area contributed by atoms with Crippen LogP contribution in [0.5, 0.6) is 0 Å². The molecule has 20 heavy (non-hydrogen) atoms. The van der Waals surface area contributed by atoms with Gasteiger partial charge in [0, 0.05) is 26.2 Å². The lowest BCUT2D eigenvalue weighted by Crippen LogP contribution is -2.35. The van der Waals surface area contributed by atoms with Crippen molar-refractivity contribution < 1.29 is 9.50 Å². The summed E-state index contributed by atoms with van der Waals surface area (Å²) >= 11 is 0. The van der Waals surface area contributed by atoms with Gasteiger partial charge in [0.25, 0.3) is 0 Å². The first-order chi connectivity index (χ1) is 9.67. The van der Waals surface area contributed by atoms with E-state index in [1.165, 1.54) is 12.1 Å².